The van der Waals surface area contributed by atoms with Crippen LogP contribution in [0.1, 0.15) is 31.2 Å². The molecule has 1 heterocycles. The Morgan fingerprint density at radius 1 is 1.22 bits per heavy atom. The van der Waals surface area contributed by atoms with Crippen LogP contribution < -0.4 is 10.2 Å². The number of hydrogen-bond acceptors (Lipinski definition) is 3. The fourth-order valence-corrected chi connectivity index (χ4v) is 2.68. The lowest BCUT2D eigenvalue weighted by molar-refractivity contribution is 0.154. The van der Waals surface area contributed by atoms with Crippen molar-refractivity contribution < 1.29 is 5.11 Å². The van der Waals surface area contributed by atoms with Crippen molar-refractivity contribution >= 4 is 5.69 Å². The molecule has 18 heavy (non-hydrogen) atoms. The number of aliphatic hydroxyl groups is 1. The standard InChI is InChI=1S/C15H22N2O/c18-14-5-3-9-17(11-14)15-6-2-1-4-12(15)10-16-13-7-8-13/h1-2,4,6,13-14,16,18H,3,5,7-11H2. The molecule has 2 fully saturated rings. The molecule has 0 spiro atoms. The quantitative estimate of drug-likeness (QED) is 0.851. The van der Waals surface area contributed by atoms with Gasteiger partial charge in [-0.15, -0.1) is 0 Å². The molecule has 1 atom stereocenters. The first-order valence-corrected chi connectivity index (χ1v) is 7.07. The molecule has 1 aromatic rings. The number of anilines is 1. The van der Waals surface area contributed by atoms with Crippen LogP contribution in [-0.2, 0) is 6.54 Å². The Morgan fingerprint density at radius 3 is 2.83 bits per heavy atom. The van der Waals surface area contributed by atoms with Crippen LogP contribution in [0.25, 0.3) is 0 Å². The number of para-hydroxylation sites is 1. The number of nitrogens with one attached hydrogen (secondary N) is 1. The zero-order valence-electron chi connectivity index (χ0n) is 10.8. The minimum atomic E-state index is -0.164. The van der Waals surface area contributed by atoms with Gasteiger partial charge in [0.25, 0.3) is 0 Å². The Kier molecular flexibility index (Phi) is 3.52. The summed E-state index contributed by atoms with van der Waals surface area (Å²) in [5.74, 6) is 0. The molecule has 2 N–H and O–H groups in total. The maximum atomic E-state index is 9.80. The molecular weight excluding hydrogens is 224 g/mol. The number of piperidine rings is 1. The van der Waals surface area contributed by atoms with Crippen LogP contribution in [0.15, 0.2) is 24.3 Å². The van der Waals surface area contributed by atoms with Crippen molar-refractivity contribution in [1.29, 1.82) is 0 Å². The average Bonchev–Trinajstić information content (AvgIpc) is 3.21. The van der Waals surface area contributed by atoms with E-state index in [1.54, 1.807) is 0 Å². The topological polar surface area (TPSA) is 35.5 Å². The van der Waals surface area contributed by atoms with E-state index in [1.807, 2.05) is 0 Å². The lowest BCUT2D eigenvalue weighted by Crippen LogP contribution is -2.39. The summed E-state index contributed by atoms with van der Waals surface area (Å²) in [4.78, 5) is 2.33. The number of aliphatic hydroxyl groups excluding tert-OH is 1. The number of β-amino-alcohol motifs (C(OH)–C–C–N with tert-alkyl or cyclic N) is 1. The molecule has 1 aromatic carbocycles. The van der Waals surface area contributed by atoms with Crippen molar-refractivity contribution in [2.45, 2.75) is 44.4 Å². The fraction of sp³-hybridized carbons (Fsp3) is 0.600. The zero-order valence-corrected chi connectivity index (χ0v) is 10.8. The van der Waals surface area contributed by atoms with Gasteiger partial charge in [0.2, 0.25) is 0 Å². The molecule has 2 aliphatic rings. The van der Waals surface area contributed by atoms with Crippen molar-refractivity contribution in [3.05, 3.63) is 29.8 Å². The third-order valence-electron chi connectivity index (χ3n) is 3.89. The Hall–Kier alpha value is -1.06. The van der Waals surface area contributed by atoms with Gasteiger partial charge in [-0.3, -0.25) is 0 Å². The summed E-state index contributed by atoms with van der Waals surface area (Å²) >= 11 is 0. The van der Waals surface area contributed by atoms with E-state index in [0.717, 1.165) is 38.5 Å². The summed E-state index contributed by atoms with van der Waals surface area (Å²) < 4.78 is 0. The molecule has 1 aliphatic carbocycles. The number of nitrogens with zero attached hydrogens (tertiary/aromatic N) is 1. The second-order valence-corrected chi connectivity index (χ2v) is 5.53. The van der Waals surface area contributed by atoms with Gasteiger partial charge in [-0.25, -0.2) is 0 Å². The highest BCUT2D eigenvalue weighted by molar-refractivity contribution is 5.54. The Morgan fingerprint density at radius 2 is 2.06 bits per heavy atom. The Balaban J connectivity index is 1.72. The van der Waals surface area contributed by atoms with Crippen LogP contribution in [0.2, 0.25) is 0 Å². The van der Waals surface area contributed by atoms with Gasteiger partial charge in [0.15, 0.2) is 0 Å². The molecule has 3 rings (SSSR count). The highest BCUT2D eigenvalue weighted by Gasteiger charge is 2.22. The van der Waals surface area contributed by atoms with Crippen LogP contribution in [-0.4, -0.2) is 30.3 Å². The maximum absolute atomic E-state index is 9.80. The minimum Gasteiger partial charge on any atom is -0.391 e. The van der Waals surface area contributed by atoms with E-state index < -0.39 is 0 Å². The summed E-state index contributed by atoms with van der Waals surface area (Å²) in [7, 11) is 0. The first kappa shape index (κ1) is 12.0. The van der Waals surface area contributed by atoms with E-state index >= 15 is 0 Å². The van der Waals surface area contributed by atoms with Crippen LogP contribution in [0.4, 0.5) is 5.69 Å². The van der Waals surface area contributed by atoms with Crippen LogP contribution in [0, 0.1) is 0 Å². The molecule has 98 valence electrons. The largest absolute Gasteiger partial charge is 0.391 e. The molecule has 0 amide bonds. The lowest BCUT2D eigenvalue weighted by atomic mass is 10.1. The van der Waals surface area contributed by atoms with Gasteiger partial charge in [0.1, 0.15) is 0 Å². The SMILES string of the molecule is OC1CCCN(c2ccccc2CNC2CC2)C1. The normalized spacial score (nSPS) is 24.3. The van der Waals surface area contributed by atoms with E-state index in [9.17, 15) is 5.11 Å². The van der Waals surface area contributed by atoms with Crippen molar-refractivity contribution in [2.75, 3.05) is 18.0 Å². The second-order valence-electron chi connectivity index (χ2n) is 5.53. The Bertz CT molecular complexity index is 403. The molecular formula is C15H22N2O. The monoisotopic (exact) mass is 246 g/mol. The van der Waals surface area contributed by atoms with Crippen molar-refractivity contribution in [3.8, 4) is 0 Å². The molecule has 0 radical (unpaired) electrons. The van der Waals surface area contributed by atoms with Gasteiger partial charge in [-0.1, -0.05) is 18.2 Å². The first-order valence-electron chi connectivity index (χ1n) is 7.07. The lowest BCUT2D eigenvalue weighted by Gasteiger charge is -2.33. The average molecular weight is 246 g/mol. The second kappa shape index (κ2) is 5.29. The van der Waals surface area contributed by atoms with E-state index in [0.29, 0.717) is 0 Å². The molecule has 0 bridgehead atoms. The van der Waals surface area contributed by atoms with Gasteiger partial charge in [-0.2, -0.15) is 0 Å². The Labute approximate surface area is 109 Å². The molecule has 1 unspecified atom stereocenters. The maximum Gasteiger partial charge on any atom is 0.0715 e. The predicted octanol–water partition coefficient (Wildman–Crippen LogP) is 1.90. The van der Waals surface area contributed by atoms with E-state index in [1.165, 1.54) is 24.1 Å². The van der Waals surface area contributed by atoms with Gasteiger partial charge >= 0.3 is 0 Å². The molecule has 1 aliphatic heterocycles. The number of benzene rings is 1. The van der Waals surface area contributed by atoms with Crippen molar-refractivity contribution in [3.63, 3.8) is 0 Å². The van der Waals surface area contributed by atoms with Crippen LogP contribution in [0.5, 0.6) is 0 Å². The molecule has 3 nitrogen and oxygen atoms in total. The predicted molar refractivity (Wildman–Crippen MR) is 73.8 cm³/mol. The van der Waals surface area contributed by atoms with Crippen molar-refractivity contribution in [2.24, 2.45) is 0 Å². The molecule has 0 aromatic heterocycles. The van der Waals surface area contributed by atoms with E-state index in [-0.39, 0.29) is 6.10 Å². The van der Waals surface area contributed by atoms with Crippen LogP contribution >= 0.6 is 0 Å². The number of hydrogen-bond donors (Lipinski definition) is 2. The van der Waals surface area contributed by atoms with Gasteiger partial charge in [-0.05, 0) is 37.3 Å². The highest BCUT2D eigenvalue weighted by Crippen LogP contribution is 2.26. The summed E-state index contributed by atoms with van der Waals surface area (Å²) in [6.45, 7) is 2.80. The van der Waals surface area contributed by atoms with E-state index in [2.05, 4.69) is 34.5 Å². The smallest absolute Gasteiger partial charge is 0.0715 e. The summed E-state index contributed by atoms with van der Waals surface area (Å²) in [5.41, 5.74) is 2.66. The van der Waals surface area contributed by atoms with Crippen LogP contribution in [0.3, 0.4) is 0 Å². The molecule has 1 saturated carbocycles. The fourth-order valence-electron chi connectivity index (χ4n) is 2.68. The molecule has 1 saturated heterocycles. The van der Waals surface area contributed by atoms with E-state index in [4.69, 9.17) is 0 Å². The third kappa shape index (κ3) is 2.85. The summed E-state index contributed by atoms with van der Waals surface area (Å²) in [6.07, 6.45) is 4.52. The zero-order chi connectivity index (χ0) is 12.4. The van der Waals surface area contributed by atoms with Gasteiger partial charge in [0.05, 0.1) is 6.10 Å². The summed E-state index contributed by atoms with van der Waals surface area (Å²) in [6, 6.07) is 9.32. The molecule has 3 heteroatoms. The van der Waals surface area contributed by atoms with Gasteiger partial charge in [0, 0.05) is 31.4 Å². The number of rotatable bonds is 4. The first-order chi connectivity index (χ1) is 8.83. The minimum absolute atomic E-state index is 0.164. The van der Waals surface area contributed by atoms with Gasteiger partial charge < -0.3 is 15.3 Å². The highest BCUT2D eigenvalue weighted by atomic mass is 16.3. The third-order valence-corrected chi connectivity index (χ3v) is 3.89. The summed E-state index contributed by atoms with van der Waals surface area (Å²) in [5, 5.41) is 13.4. The van der Waals surface area contributed by atoms with Crippen molar-refractivity contribution in [1.82, 2.24) is 5.32 Å².